The Morgan fingerprint density at radius 2 is 1.83 bits per heavy atom. The van der Waals surface area contributed by atoms with Gasteiger partial charge in [0.15, 0.2) is 0 Å². The molecular formula is C19H20ClF3N2O3S2. The highest BCUT2D eigenvalue weighted by Crippen LogP contribution is 2.37. The van der Waals surface area contributed by atoms with Crippen LogP contribution in [0.5, 0.6) is 0 Å². The van der Waals surface area contributed by atoms with E-state index in [1.54, 1.807) is 11.8 Å². The molecule has 0 radical (unpaired) electrons. The van der Waals surface area contributed by atoms with Crippen LogP contribution in [0.2, 0.25) is 5.02 Å². The molecule has 0 saturated carbocycles. The molecule has 30 heavy (non-hydrogen) atoms. The number of anilines is 1. The normalized spacial score (nSPS) is 11.9. The maximum atomic E-state index is 13.1. The number of nitrogens with one attached hydrogen (secondary N) is 1. The lowest BCUT2D eigenvalue weighted by Gasteiger charge is -2.23. The number of alkyl halides is 3. The summed E-state index contributed by atoms with van der Waals surface area (Å²) in [5.74, 6) is 0.736. The number of carbonyl (C=O) groups is 1. The lowest BCUT2D eigenvalue weighted by atomic mass is 10.2. The van der Waals surface area contributed by atoms with Gasteiger partial charge in [-0.15, -0.1) is 0 Å². The van der Waals surface area contributed by atoms with Crippen molar-refractivity contribution in [1.29, 1.82) is 0 Å². The van der Waals surface area contributed by atoms with Gasteiger partial charge in [0, 0.05) is 18.1 Å². The Hall–Kier alpha value is -1.91. The summed E-state index contributed by atoms with van der Waals surface area (Å²) >= 11 is 7.17. The van der Waals surface area contributed by atoms with E-state index in [2.05, 4.69) is 5.32 Å². The van der Waals surface area contributed by atoms with Crippen LogP contribution in [0.3, 0.4) is 0 Å². The number of carbonyl (C=O) groups excluding carboxylic acids is 1. The largest absolute Gasteiger partial charge is 0.417 e. The van der Waals surface area contributed by atoms with E-state index in [-0.39, 0.29) is 5.69 Å². The number of rotatable bonds is 9. The first kappa shape index (κ1) is 24.4. The number of amides is 1. The lowest BCUT2D eigenvalue weighted by Crippen LogP contribution is -2.41. The standard InChI is InChI=1S/C19H20ClF3N2O3S2/c1-30(27,28)25(15-7-8-17(20)16(11-15)19(21,22)23)12-18(26)24-9-10-29-13-14-5-3-2-4-6-14/h2-8,11H,9-10,12-13H2,1H3,(H,24,26). The summed E-state index contributed by atoms with van der Waals surface area (Å²) < 4.78 is 64.0. The highest BCUT2D eigenvalue weighted by Gasteiger charge is 2.34. The Labute approximate surface area is 182 Å². The van der Waals surface area contributed by atoms with Crippen LogP contribution in [-0.4, -0.2) is 39.4 Å². The van der Waals surface area contributed by atoms with Gasteiger partial charge in [-0.3, -0.25) is 9.10 Å². The van der Waals surface area contributed by atoms with Crippen molar-refractivity contribution in [2.45, 2.75) is 11.9 Å². The zero-order chi connectivity index (χ0) is 22.4. The molecule has 0 heterocycles. The van der Waals surface area contributed by atoms with E-state index >= 15 is 0 Å². The van der Waals surface area contributed by atoms with Crippen LogP contribution >= 0.6 is 23.4 Å². The van der Waals surface area contributed by atoms with Gasteiger partial charge in [0.05, 0.1) is 22.5 Å². The Morgan fingerprint density at radius 1 is 1.17 bits per heavy atom. The molecule has 2 rings (SSSR count). The minimum atomic E-state index is -4.76. The SMILES string of the molecule is CS(=O)(=O)N(CC(=O)NCCSCc1ccccc1)c1ccc(Cl)c(C(F)(F)F)c1. The predicted octanol–water partition coefficient (Wildman–Crippen LogP) is 4.17. The third-order valence-corrected chi connectivity index (χ3v) is 6.41. The molecule has 2 aromatic rings. The maximum Gasteiger partial charge on any atom is 0.417 e. The topological polar surface area (TPSA) is 66.5 Å². The maximum absolute atomic E-state index is 13.1. The summed E-state index contributed by atoms with van der Waals surface area (Å²) in [5, 5.41) is 2.03. The van der Waals surface area contributed by atoms with E-state index in [0.717, 1.165) is 29.7 Å². The van der Waals surface area contributed by atoms with Crippen LogP contribution in [0.4, 0.5) is 18.9 Å². The highest BCUT2D eigenvalue weighted by atomic mass is 35.5. The van der Waals surface area contributed by atoms with Gasteiger partial charge in [0.25, 0.3) is 0 Å². The number of hydrogen-bond donors (Lipinski definition) is 1. The van der Waals surface area contributed by atoms with Crippen molar-refractivity contribution in [2.24, 2.45) is 0 Å². The van der Waals surface area contributed by atoms with Gasteiger partial charge < -0.3 is 5.32 Å². The quantitative estimate of drug-likeness (QED) is 0.547. The third-order valence-electron chi connectivity index (χ3n) is 3.91. The lowest BCUT2D eigenvalue weighted by molar-refractivity contribution is -0.137. The summed E-state index contributed by atoms with van der Waals surface area (Å²) in [4.78, 5) is 12.2. The number of sulfonamides is 1. The fourth-order valence-corrected chi connectivity index (χ4v) is 4.39. The number of thioether (sulfide) groups is 1. The van der Waals surface area contributed by atoms with Gasteiger partial charge >= 0.3 is 6.18 Å². The zero-order valence-electron chi connectivity index (χ0n) is 15.9. The molecule has 1 N–H and O–H groups in total. The van der Waals surface area contributed by atoms with Crippen LogP contribution < -0.4 is 9.62 Å². The van der Waals surface area contributed by atoms with E-state index in [1.165, 1.54) is 0 Å². The van der Waals surface area contributed by atoms with Crippen molar-refractivity contribution < 1.29 is 26.4 Å². The zero-order valence-corrected chi connectivity index (χ0v) is 18.3. The number of nitrogens with zero attached hydrogens (tertiary/aromatic N) is 1. The Kier molecular flexibility index (Phi) is 8.45. The van der Waals surface area contributed by atoms with Gasteiger partial charge in [0.2, 0.25) is 15.9 Å². The molecule has 0 spiro atoms. The molecule has 5 nitrogen and oxygen atoms in total. The summed E-state index contributed by atoms with van der Waals surface area (Å²) in [6.07, 6.45) is -3.94. The van der Waals surface area contributed by atoms with E-state index in [9.17, 15) is 26.4 Å². The van der Waals surface area contributed by atoms with E-state index in [1.807, 2.05) is 30.3 Å². The first-order valence-corrected chi connectivity index (χ1v) is 12.1. The second-order valence-electron chi connectivity index (χ2n) is 6.32. The van der Waals surface area contributed by atoms with Crippen molar-refractivity contribution in [3.8, 4) is 0 Å². The Bertz CT molecular complexity index is 971. The monoisotopic (exact) mass is 480 g/mol. The smallest absolute Gasteiger partial charge is 0.354 e. The molecule has 0 aromatic heterocycles. The van der Waals surface area contributed by atoms with Crippen molar-refractivity contribution in [3.63, 3.8) is 0 Å². The molecule has 0 aliphatic rings. The molecule has 0 aliphatic heterocycles. The molecule has 0 saturated heterocycles. The van der Waals surface area contributed by atoms with Crippen molar-refractivity contribution in [3.05, 3.63) is 64.7 Å². The predicted molar refractivity (Wildman–Crippen MR) is 114 cm³/mol. The first-order valence-electron chi connectivity index (χ1n) is 8.71. The van der Waals surface area contributed by atoms with Gasteiger partial charge in [0.1, 0.15) is 6.54 Å². The molecule has 11 heteroatoms. The number of benzene rings is 2. The van der Waals surface area contributed by atoms with E-state index < -0.39 is 39.2 Å². The second kappa shape index (κ2) is 10.4. The van der Waals surface area contributed by atoms with Crippen molar-refractivity contribution in [1.82, 2.24) is 5.32 Å². The van der Waals surface area contributed by atoms with Gasteiger partial charge in [-0.05, 0) is 23.8 Å². The van der Waals surface area contributed by atoms with Crippen molar-refractivity contribution >= 4 is 45.0 Å². The minimum Gasteiger partial charge on any atom is -0.354 e. The van der Waals surface area contributed by atoms with Crippen molar-refractivity contribution in [2.75, 3.05) is 29.4 Å². The Morgan fingerprint density at radius 3 is 2.43 bits per heavy atom. The summed E-state index contributed by atoms with van der Waals surface area (Å²) in [6.45, 7) is -0.344. The van der Waals surface area contributed by atoms with Gasteiger partial charge in [-0.2, -0.15) is 24.9 Å². The molecule has 0 bridgehead atoms. The number of halogens is 4. The third kappa shape index (κ3) is 7.41. The molecular weight excluding hydrogens is 461 g/mol. The summed E-state index contributed by atoms with van der Waals surface area (Å²) in [7, 11) is -4.00. The fourth-order valence-electron chi connectivity index (χ4n) is 2.50. The summed E-state index contributed by atoms with van der Waals surface area (Å²) in [5.41, 5.74) is -0.323. The van der Waals surface area contributed by atoms with Crippen LogP contribution in [0.25, 0.3) is 0 Å². The average Bonchev–Trinajstić information content (AvgIpc) is 2.65. The second-order valence-corrected chi connectivity index (χ2v) is 9.74. The number of hydrogen-bond acceptors (Lipinski definition) is 4. The molecule has 0 unspecified atom stereocenters. The summed E-state index contributed by atoms with van der Waals surface area (Å²) in [6, 6.07) is 12.4. The highest BCUT2D eigenvalue weighted by molar-refractivity contribution is 7.98. The van der Waals surface area contributed by atoms with Crippen LogP contribution in [0.1, 0.15) is 11.1 Å². The molecule has 0 atom stereocenters. The molecule has 0 aliphatic carbocycles. The van der Waals surface area contributed by atoms with E-state index in [0.29, 0.717) is 22.7 Å². The minimum absolute atomic E-state index is 0.289. The van der Waals surface area contributed by atoms with Gasteiger partial charge in [-0.1, -0.05) is 41.9 Å². The van der Waals surface area contributed by atoms with Gasteiger partial charge in [-0.25, -0.2) is 8.42 Å². The Balaban J connectivity index is 1.97. The first-order chi connectivity index (χ1) is 14.0. The molecule has 0 fully saturated rings. The fraction of sp³-hybridized carbons (Fsp3) is 0.316. The average molecular weight is 481 g/mol. The molecule has 2 aromatic carbocycles. The van der Waals surface area contributed by atoms with Crippen LogP contribution in [0.15, 0.2) is 48.5 Å². The van der Waals surface area contributed by atoms with E-state index in [4.69, 9.17) is 11.6 Å². The van der Waals surface area contributed by atoms with Crippen LogP contribution in [0, 0.1) is 0 Å². The van der Waals surface area contributed by atoms with Crippen LogP contribution in [-0.2, 0) is 26.7 Å². The molecule has 1 amide bonds. The molecule has 164 valence electrons.